The van der Waals surface area contributed by atoms with E-state index in [0.29, 0.717) is 23.8 Å². The summed E-state index contributed by atoms with van der Waals surface area (Å²) >= 11 is 2.94. The van der Waals surface area contributed by atoms with E-state index >= 15 is 0 Å². The zero-order chi connectivity index (χ0) is 20.1. The number of anilines is 1. The van der Waals surface area contributed by atoms with Gasteiger partial charge >= 0.3 is 0 Å². The van der Waals surface area contributed by atoms with E-state index in [2.05, 4.69) is 21.6 Å². The van der Waals surface area contributed by atoms with E-state index in [1.807, 2.05) is 28.1 Å². The summed E-state index contributed by atoms with van der Waals surface area (Å²) in [7, 11) is 0. The molecule has 9 heteroatoms. The molecule has 3 heterocycles. The number of benzene rings is 1. The molecule has 0 saturated carbocycles. The summed E-state index contributed by atoms with van der Waals surface area (Å²) < 4.78 is 20.7. The van der Waals surface area contributed by atoms with Crippen LogP contribution in [-0.2, 0) is 17.8 Å². The molecule has 0 aliphatic heterocycles. The molecular formula is C20H17FN4O2S2. The number of thioether (sulfide) groups is 1. The molecule has 6 nitrogen and oxygen atoms in total. The Bertz CT molecular complexity index is 1080. The molecule has 0 bridgehead atoms. The van der Waals surface area contributed by atoms with Crippen molar-refractivity contribution in [3.05, 3.63) is 82.5 Å². The lowest BCUT2D eigenvalue weighted by atomic mass is 10.3. The zero-order valence-corrected chi connectivity index (χ0v) is 16.9. The van der Waals surface area contributed by atoms with Gasteiger partial charge in [0.15, 0.2) is 5.16 Å². The molecule has 4 aromatic rings. The molecule has 3 aromatic heterocycles. The third kappa shape index (κ3) is 5.12. The number of nitrogens with one attached hydrogen (secondary N) is 1. The summed E-state index contributed by atoms with van der Waals surface area (Å²) in [4.78, 5) is 13.4. The molecule has 4 rings (SSSR count). The quantitative estimate of drug-likeness (QED) is 0.420. The summed E-state index contributed by atoms with van der Waals surface area (Å²) in [6.45, 7) is 0.481. The van der Waals surface area contributed by atoms with Crippen LogP contribution in [0.1, 0.15) is 16.5 Å². The van der Waals surface area contributed by atoms with E-state index in [1.165, 1.54) is 28.8 Å². The molecule has 1 N–H and O–H groups in total. The maximum Gasteiger partial charge on any atom is 0.234 e. The zero-order valence-electron chi connectivity index (χ0n) is 15.2. The van der Waals surface area contributed by atoms with Crippen molar-refractivity contribution in [1.82, 2.24) is 14.8 Å². The molecule has 29 heavy (non-hydrogen) atoms. The highest BCUT2D eigenvalue weighted by Crippen LogP contribution is 2.22. The van der Waals surface area contributed by atoms with Gasteiger partial charge in [-0.3, -0.25) is 9.36 Å². The fraction of sp³-hybridized carbons (Fsp3) is 0.150. The molecule has 1 amide bonds. The van der Waals surface area contributed by atoms with Gasteiger partial charge in [-0.05, 0) is 41.8 Å². The van der Waals surface area contributed by atoms with Gasteiger partial charge in [0, 0.05) is 17.0 Å². The predicted molar refractivity (Wildman–Crippen MR) is 111 cm³/mol. The number of rotatable bonds is 8. The minimum absolute atomic E-state index is 0.131. The van der Waals surface area contributed by atoms with Crippen molar-refractivity contribution >= 4 is 34.7 Å². The Balaban J connectivity index is 1.47. The van der Waals surface area contributed by atoms with Crippen molar-refractivity contribution in [3.8, 4) is 0 Å². The number of hydrogen-bond donors (Lipinski definition) is 1. The van der Waals surface area contributed by atoms with Crippen molar-refractivity contribution in [1.29, 1.82) is 0 Å². The Labute approximate surface area is 174 Å². The SMILES string of the molecule is O=C(CSc1nnc(Cc2cccs2)n1Cc1ccco1)Nc1cccc(F)c1. The van der Waals surface area contributed by atoms with Crippen LogP contribution in [-0.4, -0.2) is 26.4 Å². The summed E-state index contributed by atoms with van der Waals surface area (Å²) in [5.74, 6) is 1.08. The minimum atomic E-state index is -0.396. The molecule has 0 aliphatic carbocycles. The van der Waals surface area contributed by atoms with Crippen LogP contribution in [0.15, 0.2) is 69.7 Å². The topological polar surface area (TPSA) is 73.0 Å². The maximum atomic E-state index is 13.3. The van der Waals surface area contributed by atoms with E-state index in [0.717, 1.165) is 11.6 Å². The Hall–Kier alpha value is -2.91. The summed E-state index contributed by atoms with van der Waals surface area (Å²) in [6.07, 6.45) is 2.28. The van der Waals surface area contributed by atoms with Crippen LogP contribution in [0.3, 0.4) is 0 Å². The number of hydrogen-bond acceptors (Lipinski definition) is 6. The number of nitrogens with zero attached hydrogens (tertiary/aromatic N) is 3. The lowest BCUT2D eigenvalue weighted by Crippen LogP contribution is -2.15. The highest BCUT2D eigenvalue weighted by molar-refractivity contribution is 7.99. The molecule has 0 aliphatic rings. The van der Waals surface area contributed by atoms with E-state index in [9.17, 15) is 9.18 Å². The van der Waals surface area contributed by atoms with Crippen LogP contribution in [0.2, 0.25) is 0 Å². The van der Waals surface area contributed by atoms with Gasteiger partial charge < -0.3 is 9.73 Å². The van der Waals surface area contributed by atoms with Gasteiger partial charge in [0.1, 0.15) is 17.4 Å². The third-order valence-electron chi connectivity index (χ3n) is 4.04. The molecule has 0 unspecified atom stereocenters. The Morgan fingerprint density at radius 2 is 2.14 bits per heavy atom. The molecule has 0 fully saturated rings. The monoisotopic (exact) mass is 428 g/mol. The van der Waals surface area contributed by atoms with Crippen LogP contribution in [0.4, 0.5) is 10.1 Å². The van der Waals surface area contributed by atoms with Crippen molar-refractivity contribution in [2.24, 2.45) is 0 Å². The second-order valence-electron chi connectivity index (χ2n) is 6.17. The molecule has 0 atom stereocenters. The summed E-state index contributed by atoms with van der Waals surface area (Å²) in [5, 5.41) is 13.9. The number of halogens is 1. The molecule has 0 saturated heterocycles. The largest absolute Gasteiger partial charge is 0.467 e. The van der Waals surface area contributed by atoms with E-state index < -0.39 is 5.82 Å². The first kappa shape index (κ1) is 19.4. The van der Waals surface area contributed by atoms with Crippen molar-refractivity contribution in [2.75, 3.05) is 11.1 Å². The van der Waals surface area contributed by atoms with Gasteiger partial charge in [-0.15, -0.1) is 21.5 Å². The molecule has 0 radical (unpaired) electrons. The van der Waals surface area contributed by atoms with Crippen LogP contribution >= 0.6 is 23.1 Å². The molecule has 1 aromatic carbocycles. The van der Waals surface area contributed by atoms with E-state index in [-0.39, 0.29) is 11.7 Å². The molecular weight excluding hydrogens is 411 g/mol. The number of furan rings is 1. The number of carbonyl (C=O) groups is 1. The Kier molecular flexibility index (Phi) is 6.06. The smallest absolute Gasteiger partial charge is 0.234 e. The fourth-order valence-electron chi connectivity index (χ4n) is 2.74. The van der Waals surface area contributed by atoms with Gasteiger partial charge in [0.05, 0.1) is 18.6 Å². The van der Waals surface area contributed by atoms with Gasteiger partial charge in [0.2, 0.25) is 5.91 Å². The number of thiophene rings is 1. The van der Waals surface area contributed by atoms with E-state index in [1.54, 1.807) is 29.7 Å². The summed E-state index contributed by atoms with van der Waals surface area (Å²) in [6, 6.07) is 13.6. The van der Waals surface area contributed by atoms with Gasteiger partial charge in [-0.2, -0.15) is 0 Å². The number of aromatic nitrogens is 3. The predicted octanol–water partition coefficient (Wildman–Crippen LogP) is 4.44. The lowest BCUT2D eigenvalue weighted by molar-refractivity contribution is -0.113. The third-order valence-corrected chi connectivity index (χ3v) is 5.88. The second kappa shape index (κ2) is 9.06. The fourth-order valence-corrected chi connectivity index (χ4v) is 4.19. The van der Waals surface area contributed by atoms with Crippen molar-refractivity contribution in [3.63, 3.8) is 0 Å². The first-order valence-electron chi connectivity index (χ1n) is 8.82. The average Bonchev–Trinajstić information content (AvgIpc) is 3.45. The van der Waals surface area contributed by atoms with Crippen LogP contribution in [0, 0.1) is 5.82 Å². The van der Waals surface area contributed by atoms with Crippen molar-refractivity contribution < 1.29 is 13.6 Å². The molecule has 148 valence electrons. The number of amides is 1. The van der Waals surface area contributed by atoms with Gasteiger partial charge in [-0.1, -0.05) is 23.9 Å². The minimum Gasteiger partial charge on any atom is -0.467 e. The highest BCUT2D eigenvalue weighted by Gasteiger charge is 2.16. The van der Waals surface area contributed by atoms with Crippen LogP contribution in [0.5, 0.6) is 0 Å². The lowest BCUT2D eigenvalue weighted by Gasteiger charge is -2.09. The average molecular weight is 429 g/mol. The second-order valence-corrected chi connectivity index (χ2v) is 8.14. The first-order chi connectivity index (χ1) is 14.2. The maximum absolute atomic E-state index is 13.3. The van der Waals surface area contributed by atoms with Gasteiger partial charge in [0.25, 0.3) is 0 Å². The Morgan fingerprint density at radius 1 is 1.21 bits per heavy atom. The van der Waals surface area contributed by atoms with Gasteiger partial charge in [-0.25, -0.2) is 4.39 Å². The highest BCUT2D eigenvalue weighted by atomic mass is 32.2. The standard InChI is InChI=1S/C20H17FN4O2S2/c21-14-4-1-5-15(10-14)22-19(26)13-29-20-24-23-18(11-17-7-3-9-28-17)25(20)12-16-6-2-8-27-16/h1-10H,11-13H2,(H,22,26). The van der Waals surface area contributed by atoms with E-state index in [4.69, 9.17) is 4.42 Å². The van der Waals surface area contributed by atoms with Crippen LogP contribution < -0.4 is 5.32 Å². The van der Waals surface area contributed by atoms with Crippen LogP contribution in [0.25, 0.3) is 0 Å². The first-order valence-corrected chi connectivity index (χ1v) is 10.7. The summed E-state index contributed by atoms with van der Waals surface area (Å²) in [5.41, 5.74) is 0.422. The molecule has 0 spiro atoms. The Morgan fingerprint density at radius 3 is 2.90 bits per heavy atom. The number of carbonyl (C=O) groups excluding carboxylic acids is 1. The van der Waals surface area contributed by atoms with Crippen molar-refractivity contribution in [2.45, 2.75) is 18.1 Å². The normalized spacial score (nSPS) is 10.9.